The van der Waals surface area contributed by atoms with E-state index in [1.165, 1.54) is 0 Å². The Morgan fingerprint density at radius 3 is 0.946 bits per heavy atom. The quantitative estimate of drug-likeness (QED) is 0.0248. The van der Waals surface area contributed by atoms with Crippen molar-refractivity contribution in [2.24, 2.45) is 0 Å². The van der Waals surface area contributed by atoms with Gasteiger partial charge in [-0.15, -0.1) is 0 Å². The highest BCUT2D eigenvalue weighted by atomic mass is 16.6. The van der Waals surface area contributed by atoms with E-state index < -0.39 is 0 Å². The molecule has 0 radical (unpaired) electrons. The summed E-state index contributed by atoms with van der Waals surface area (Å²) in [5.74, 6) is 3.39. The first-order chi connectivity index (χ1) is 36.4. The monoisotopic (exact) mass is 1010 g/mol. The average Bonchev–Trinajstić information content (AvgIpc) is 3.41. The van der Waals surface area contributed by atoms with Crippen molar-refractivity contribution < 1.29 is 67.2 Å². The number of phenolic OH excluding ortho intramolecular Hbond substituents is 2. The predicted octanol–water partition coefficient (Wildman–Crippen LogP) is 9.51. The second-order valence-electron chi connectivity index (χ2n) is 17.0. The minimum Gasteiger partial charge on any atom is -0.507 e. The van der Waals surface area contributed by atoms with E-state index in [9.17, 15) is 19.8 Å². The van der Waals surface area contributed by atoms with E-state index in [0.29, 0.717) is 124 Å². The molecule has 1 aliphatic rings. The van der Waals surface area contributed by atoms with Crippen molar-refractivity contribution in [3.63, 3.8) is 0 Å². The Morgan fingerprint density at radius 1 is 0.351 bits per heavy atom. The molecule has 8 bridgehead atoms. The molecule has 14 heteroatoms. The highest BCUT2D eigenvalue weighted by Gasteiger charge is 2.21. The second-order valence-corrected chi connectivity index (χ2v) is 17.0. The molecule has 0 saturated carbocycles. The number of para-hydroxylation sites is 6. The molecule has 14 nitrogen and oxygen atoms in total. The first-order valence-electron chi connectivity index (χ1n) is 24.7. The third-order valence-corrected chi connectivity index (χ3v) is 11.9. The molecule has 2 N–H and O–H groups in total. The van der Waals surface area contributed by atoms with Crippen LogP contribution in [0.2, 0.25) is 0 Å². The normalized spacial score (nSPS) is 11.8. The minimum absolute atomic E-state index is 0.199. The van der Waals surface area contributed by atoms with Gasteiger partial charge in [-0.25, -0.2) is 0 Å². The maximum absolute atomic E-state index is 11.9. The summed E-state index contributed by atoms with van der Waals surface area (Å²) in [7, 11) is 0. The van der Waals surface area contributed by atoms with Crippen molar-refractivity contribution in [2.45, 2.75) is 25.7 Å². The Hall–Kier alpha value is -7.62. The van der Waals surface area contributed by atoms with Crippen LogP contribution in [-0.2, 0) is 44.6 Å². The lowest BCUT2D eigenvalue weighted by Gasteiger charge is -2.20. The lowest BCUT2D eigenvalue weighted by atomic mass is 9.91. The maximum Gasteiger partial charge on any atom is 0.172 e. The van der Waals surface area contributed by atoms with E-state index in [2.05, 4.69) is 13.2 Å². The minimum atomic E-state index is 0.199. The first-order valence-corrected chi connectivity index (χ1v) is 24.7. The summed E-state index contributed by atoms with van der Waals surface area (Å²) in [6.07, 6.45) is 6.23. The molecule has 6 aromatic carbocycles. The van der Waals surface area contributed by atoms with Crippen LogP contribution in [-0.4, -0.2) is 115 Å². The van der Waals surface area contributed by atoms with Crippen molar-refractivity contribution in [3.8, 4) is 46.0 Å². The molecule has 0 heterocycles. The van der Waals surface area contributed by atoms with Crippen LogP contribution in [0.4, 0.5) is 0 Å². The number of hydrogen-bond acceptors (Lipinski definition) is 14. The smallest absolute Gasteiger partial charge is 0.172 e. The summed E-state index contributed by atoms with van der Waals surface area (Å²) in [6, 6.07) is 33.8. The van der Waals surface area contributed by atoms with Gasteiger partial charge in [0, 0.05) is 25.7 Å². The zero-order valence-electron chi connectivity index (χ0n) is 41.6. The van der Waals surface area contributed by atoms with E-state index in [4.69, 9.17) is 47.4 Å². The molecule has 7 rings (SSSR count). The van der Waals surface area contributed by atoms with Crippen LogP contribution in [0.3, 0.4) is 0 Å². The lowest BCUT2D eigenvalue weighted by molar-refractivity contribution is 0.0269. The Morgan fingerprint density at radius 2 is 0.635 bits per heavy atom. The molecule has 0 aromatic heterocycles. The standard InChI is InChI=1S/C60H64O14/c1-3-23-71-59-51(41-61)19-9-21-53(59)69-33-29-65-25-27-67-31-35-73-57-47-15-7-16-48(57)38-44-12-6-14-46(56(44)64)40-50-18-8-17-49(39-45-13-5-11-43(37-47)55(45)63)58(50)74-36-32-68-28-26-66-30-34-70-54-22-10-20-52(42-62)60(54)72-24-4-2/h3-22,41-42,63-64H,1-2,23-40H2. The molecule has 0 fully saturated rings. The number of rotatable bonds is 30. The molecule has 6 aromatic rings. The molecule has 0 aliphatic heterocycles. The van der Waals surface area contributed by atoms with Gasteiger partial charge in [-0.2, -0.15) is 0 Å². The van der Waals surface area contributed by atoms with Crippen molar-refractivity contribution in [3.05, 3.63) is 190 Å². The Balaban J connectivity index is 0.939. The topological polar surface area (TPSA) is 167 Å². The molecule has 0 spiro atoms. The fraction of sp³-hybridized carbons (Fsp3) is 0.300. The first kappa shape index (κ1) is 54.2. The summed E-state index contributed by atoms with van der Waals surface area (Å²) in [5, 5.41) is 23.7. The molecule has 0 unspecified atom stereocenters. The fourth-order valence-electron chi connectivity index (χ4n) is 8.43. The molecular formula is C60H64O14. The van der Waals surface area contributed by atoms with Gasteiger partial charge < -0.3 is 57.6 Å². The van der Waals surface area contributed by atoms with Gasteiger partial charge >= 0.3 is 0 Å². The number of ether oxygens (including phenoxy) is 10. The second kappa shape index (κ2) is 29.2. The molecule has 388 valence electrons. The van der Waals surface area contributed by atoms with Crippen LogP contribution in [0.1, 0.15) is 65.2 Å². The Kier molecular flexibility index (Phi) is 21.4. The Labute approximate surface area is 432 Å². The van der Waals surface area contributed by atoms with Gasteiger partial charge in [0.2, 0.25) is 0 Å². The summed E-state index contributed by atoms with van der Waals surface area (Å²) in [5.41, 5.74) is 7.28. The van der Waals surface area contributed by atoms with Gasteiger partial charge in [0.1, 0.15) is 62.6 Å². The van der Waals surface area contributed by atoms with Crippen LogP contribution < -0.4 is 28.4 Å². The van der Waals surface area contributed by atoms with Crippen molar-refractivity contribution in [1.29, 1.82) is 0 Å². The summed E-state index contributed by atoms with van der Waals surface area (Å²) in [4.78, 5) is 23.0. The van der Waals surface area contributed by atoms with Gasteiger partial charge in [0.25, 0.3) is 0 Å². The van der Waals surface area contributed by atoms with E-state index in [1.807, 2.05) is 72.8 Å². The third kappa shape index (κ3) is 15.2. The maximum atomic E-state index is 11.9. The van der Waals surface area contributed by atoms with E-state index in [0.717, 1.165) is 57.1 Å². The number of fused-ring (bicyclic) bond motifs is 8. The molecule has 0 amide bonds. The van der Waals surface area contributed by atoms with Crippen molar-refractivity contribution in [2.75, 3.05) is 92.5 Å². The lowest BCUT2D eigenvalue weighted by Crippen LogP contribution is -2.15. The van der Waals surface area contributed by atoms with E-state index in [1.54, 1.807) is 48.6 Å². The van der Waals surface area contributed by atoms with Crippen molar-refractivity contribution >= 4 is 12.6 Å². The van der Waals surface area contributed by atoms with Crippen LogP contribution in [0.15, 0.2) is 135 Å². The number of carbonyl (C=O) groups excluding carboxylic acids is 2. The van der Waals surface area contributed by atoms with Gasteiger partial charge in [0.05, 0.1) is 64.0 Å². The summed E-state index contributed by atoms with van der Waals surface area (Å²) < 4.78 is 59.2. The fourth-order valence-corrected chi connectivity index (χ4v) is 8.43. The highest BCUT2D eigenvalue weighted by Crippen LogP contribution is 2.38. The van der Waals surface area contributed by atoms with Gasteiger partial charge in [-0.3, -0.25) is 9.59 Å². The molecule has 74 heavy (non-hydrogen) atoms. The number of benzene rings is 6. The van der Waals surface area contributed by atoms with E-state index >= 15 is 0 Å². The number of aldehydes is 2. The van der Waals surface area contributed by atoms with Gasteiger partial charge in [0.15, 0.2) is 35.6 Å². The summed E-state index contributed by atoms with van der Waals surface area (Å²) in [6.45, 7) is 11.4. The number of carbonyl (C=O) groups is 2. The zero-order chi connectivity index (χ0) is 51.7. The number of aromatic hydroxyl groups is 2. The number of hydrogen-bond donors (Lipinski definition) is 2. The van der Waals surface area contributed by atoms with Crippen LogP contribution in [0.25, 0.3) is 0 Å². The number of phenols is 2. The summed E-state index contributed by atoms with van der Waals surface area (Å²) >= 11 is 0. The molecule has 1 aliphatic carbocycles. The Bertz CT molecular complexity index is 2510. The largest absolute Gasteiger partial charge is 0.507 e. The molecule has 0 saturated heterocycles. The highest BCUT2D eigenvalue weighted by molar-refractivity contribution is 5.81. The van der Waals surface area contributed by atoms with Gasteiger partial charge in [-0.05, 0) is 68.8 Å². The van der Waals surface area contributed by atoms with Crippen molar-refractivity contribution in [1.82, 2.24) is 0 Å². The van der Waals surface area contributed by atoms with Crippen LogP contribution >= 0.6 is 0 Å². The molecular weight excluding hydrogens is 945 g/mol. The van der Waals surface area contributed by atoms with Crippen LogP contribution in [0.5, 0.6) is 46.0 Å². The SMILES string of the molecule is C=CCOc1c(C=O)cccc1OCCOCCOCCOc1c2cccc1Cc1cccc(c1O)Cc1cccc(c1OCCOCCOCCOc1cccc(C=O)c1OCC=C)Cc1cccc(c1O)C2. The zero-order valence-corrected chi connectivity index (χ0v) is 41.6. The van der Waals surface area contributed by atoms with E-state index in [-0.39, 0.29) is 51.1 Å². The average molecular weight is 1010 g/mol. The third-order valence-electron chi connectivity index (χ3n) is 11.9. The molecule has 0 atom stereocenters. The van der Waals surface area contributed by atoms with Crippen LogP contribution in [0, 0.1) is 0 Å². The van der Waals surface area contributed by atoms with Gasteiger partial charge in [-0.1, -0.05) is 110 Å². The predicted molar refractivity (Wildman–Crippen MR) is 281 cm³/mol.